The van der Waals surface area contributed by atoms with Crippen LogP contribution in [0.4, 0.5) is 0 Å². The van der Waals surface area contributed by atoms with Crippen molar-refractivity contribution in [2.24, 2.45) is 4.99 Å². The molecule has 1 aromatic heterocycles. The zero-order valence-electron chi connectivity index (χ0n) is 16.6. The number of hydrogen-bond donors (Lipinski definition) is 2. The van der Waals surface area contributed by atoms with Crippen LogP contribution in [0.1, 0.15) is 10.4 Å². The Labute approximate surface area is 192 Å². The second kappa shape index (κ2) is 11.9. The van der Waals surface area contributed by atoms with Gasteiger partial charge in [0.1, 0.15) is 6.54 Å². The molecule has 158 valence electrons. The predicted molar refractivity (Wildman–Crippen MR) is 127 cm³/mol. The number of carbonyl (C=O) groups is 1. The summed E-state index contributed by atoms with van der Waals surface area (Å²) < 4.78 is 10.8. The minimum absolute atomic E-state index is 0. The van der Waals surface area contributed by atoms with E-state index in [-0.39, 0.29) is 43.2 Å². The van der Waals surface area contributed by atoms with Gasteiger partial charge in [0.15, 0.2) is 17.5 Å². The molecule has 7 nitrogen and oxygen atoms in total. The standard InChI is InChI=1S/C20H26N4O3S.HI/c1-24(2)19(25)13-23-20(22-10-8-16-4-3-11-28-16)21-9-7-15-5-6-17-18(12-15)27-14-26-17;/h3-6,11-12H,7-10,13-14H2,1-2H3,(H2,21,22,23);1H. The van der Waals surface area contributed by atoms with Gasteiger partial charge in [-0.15, -0.1) is 35.3 Å². The van der Waals surface area contributed by atoms with Gasteiger partial charge < -0.3 is 25.0 Å². The Hall–Kier alpha value is -2.01. The fourth-order valence-corrected chi connectivity index (χ4v) is 3.35. The molecule has 0 aliphatic carbocycles. The van der Waals surface area contributed by atoms with Gasteiger partial charge in [0.05, 0.1) is 0 Å². The second-order valence-electron chi connectivity index (χ2n) is 6.57. The summed E-state index contributed by atoms with van der Waals surface area (Å²) >= 11 is 1.74. The number of carbonyl (C=O) groups excluding carboxylic acids is 1. The average Bonchev–Trinajstić information content (AvgIpc) is 3.36. The molecule has 0 spiro atoms. The lowest BCUT2D eigenvalue weighted by atomic mass is 10.1. The molecular weight excluding hydrogens is 503 g/mol. The SMILES string of the molecule is CN(C)C(=O)CN=C(NCCc1ccc2c(c1)OCO2)NCCc1cccs1.I. The first-order valence-electron chi connectivity index (χ1n) is 9.25. The van der Waals surface area contributed by atoms with Gasteiger partial charge in [0.2, 0.25) is 12.7 Å². The zero-order chi connectivity index (χ0) is 19.8. The van der Waals surface area contributed by atoms with Crippen LogP contribution in [-0.2, 0) is 17.6 Å². The van der Waals surface area contributed by atoms with Crippen molar-refractivity contribution in [2.45, 2.75) is 12.8 Å². The normalized spacial score (nSPS) is 12.3. The summed E-state index contributed by atoms with van der Waals surface area (Å²) in [5, 5.41) is 8.69. The van der Waals surface area contributed by atoms with E-state index in [4.69, 9.17) is 9.47 Å². The number of ether oxygens (including phenoxy) is 2. The van der Waals surface area contributed by atoms with Crippen LogP contribution in [0.25, 0.3) is 0 Å². The highest BCUT2D eigenvalue weighted by molar-refractivity contribution is 14.0. The quantitative estimate of drug-likeness (QED) is 0.312. The Bertz CT molecular complexity index is 812. The lowest BCUT2D eigenvalue weighted by molar-refractivity contribution is -0.127. The van der Waals surface area contributed by atoms with Gasteiger partial charge in [-0.2, -0.15) is 0 Å². The molecule has 0 atom stereocenters. The summed E-state index contributed by atoms with van der Waals surface area (Å²) in [6, 6.07) is 10.1. The average molecular weight is 530 g/mol. The van der Waals surface area contributed by atoms with Gasteiger partial charge in [0, 0.05) is 32.1 Å². The molecule has 1 amide bonds. The highest BCUT2D eigenvalue weighted by Gasteiger charge is 2.13. The minimum Gasteiger partial charge on any atom is -0.454 e. The van der Waals surface area contributed by atoms with E-state index >= 15 is 0 Å². The fourth-order valence-electron chi connectivity index (χ4n) is 2.64. The summed E-state index contributed by atoms with van der Waals surface area (Å²) in [6.07, 6.45) is 1.73. The maximum Gasteiger partial charge on any atom is 0.243 e. The molecule has 2 heterocycles. The molecule has 1 aliphatic heterocycles. The number of fused-ring (bicyclic) bond motifs is 1. The Morgan fingerprint density at radius 2 is 1.90 bits per heavy atom. The molecule has 2 N–H and O–H groups in total. The molecule has 1 aliphatic rings. The van der Waals surface area contributed by atoms with Crippen molar-refractivity contribution in [3.05, 3.63) is 46.2 Å². The Kier molecular flexibility index (Phi) is 9.52. The number of amides is 1. The molecule has 3 rings (SSSR count). The van der Waals surface area contributed by atoms with Crippen molar-refractivity contribution >= 4 is 47.2 Å². The van der Waals surface area contributed by atoms with Crippen LogP contribution in [-0.4, -0.2) is 57.3 Å². The number of nitrogens with one attached hydrogen (secondary N) is 2. The Morgan fingerprint density at radius 3 is 2.62 bits per heavy atom. The van der Waals surface area contributed by atoms with Gasteiger partial charge in [-0.25, -0.2) is 4.99 Å². The van der Waals surface area contributed by atoms with Crippen LogP contribution >= 0.6 is 35.3 Å². The number of halogens is 1. The first-order valence-corrected chi connectivity index (χ1v) is 10.1. The van der Waals surface area contributed by atoms with Crippen molar-refractivity contribution in [3.63, 3.8) is 0 Å². The fraction of sp³-hybridized carbons (Fsp3) is 0.400. The molecule has 0 unspecified atom stereocenters. The zero-order valence-corrected chi connectivity index (χ0v) is 19.8. The third-order valence-corrected chi connectivity index (χ3v) is 5.19. The van der Waals surface area contributed by atoms with E-state index in [0.717, 1.165) is 36.4 Å². The summed E-state index contributed by atoms with van der Waals surface area (Å²) in [6.45, 7) is 1.85. The summed E-state index contributed by atoms with van der Waals surface area (Å²) in [5.74, 6) is 2.19. The Balaban J connectivity index is 0.00000300. The summed E-state index contributed by atoms with van der Waals surface area (Å²) in [4.78, 5) is 19.1. The van der Waals surface area contributed by atoms with Crippen LogP contribution in [0.15, 0.2) is 40.7 Å². The maximum atomic E-state index is 11.9. The molecule has 0 fully saturated rings. The van der Waals surface area contributed by atoms with Crippen molar-refractivity contribution < 1.29 is 14.3 Å². The maximum absolute atomic E-state index is 11.9. The van der Waals surface area contributed by atoms with Crippen molar-refractivity contribution in [3.8, 4) is 11.5 Å². The van der Waals surface area contributed by atoms with E-state index in [0.29, 0.717) is 12.5 Å². The van der Waals surface area contributed by atoms with Gasteiger partial charge in [-0.1, -0.05) is 12.1 Å². The topological polar surface area (TPSA) is 75.2 Å². The number of benzene rings is 1. The molecule has 0 saturated carbocycles. The molecule has 0 bridgehead atoms. The van der Waals surface area contributed by atoms with Gasteiger partial charge in [-0.3, -0.25) is 4.79 Å². The van der Waals surface area contributed by atoms with Crippen LogP contribution in [0, 0.1) is 0 Å². The first kappa shape index (κ1) is 23.3. The minimum atomic E-state index is -0.0323. The van der Waals surface area contributed by atoms with Gasteiger partial charge >= 0.3 is 0 Å². The molecular formula is C20H27IN4O3S. The van der Waals surface area contributed by atoms with Gasteiger partial charge in [0.25, 0.3) is 0 Å². The van der Waals surface area contributed by atoms with Crippen LogP contribution in [0.3, 0.4) is 0 Å². The number of rotatable bonds is 8. The number of likely N-dealkylation sites (N-methyl/N-ethyl adjacent to an activating group) is 1. The lowest BCUT2D eigenvalue weighted by Gasteiger charge is -2.14. The highest BCUT2D eigenvalue weighted by Crippen LogP contribution is 2.32. The molecule has 0 radical (unpaired) electrons. The number of hydrogen-bond acceptors (Lipinski definition) is 5. The third-order valence-electron chi connectivity index (χ3n) is 4.26. The van der Waals surface area contributed by atoms with E-state index in [2.05, 4.69) is 27.1 Å². The summed E-state index contributed by atoms with van der Waals surface area (Å²) in [5.41, 5.74) is 1.15. The molecule has 0 saturated heterocycles. The van der Waals surface area contributed by atoms with Gasteiger partial charge in [-0.05, 0) is 42.0 Å². The predicted octanol–water partition coefficient (Wildman–Crippen LogP) is 2.50. The largest absolute Gasteiger partial charge is 0.454 e. The molecule has 2 aromatic rings. The highest BCUT2D eigenvalue weighted by atomic mass is 127. The molecule has 9 heteroatoms. The van der Waals surface area contributed by atoms with Crippen molar-refractivity contribution in [1.29, 1.82) is 0 Å². The third kappa shape index (κ3) is 7.39. The lowest BCUT2D eigenvalue weighted by Crippen LogP contribution is -2.40. The number of thiophene rings is 1. The van der Waals surface area contributed by atoms with Crippen LogP contribution in [0.5, 0.6) is 11.5 Å². The van der Waals surface area contributed by atoms with E-state index in [1.165, 1.54) is 4.88 Å². The van der Waals surface area contributed by atoms with E-state index in [1.54, 1.807) is 30.3 Å². The number of guanidine groups is 1. The Morgan fingerprint density at radius 1 is 1.14 bits per heavy atom. The number of aliphatic imine (C=N–C) groups is 1. The number of nitrogens with zero attached hydrogens (tertiary/aromatic N) is 2. The monoisotopic (exact) mass is 530 g/mol. The van der Waals surface area contributed by atoms with E-state index in [1.807, 2.05) is 24.3 Å². The van der Waals surface area contributed by atoms with E-state index < -0.39 is 0 Å². The smallest absolute Gasteiger partial charge is 0.243 e. The first-order chi connectivity index (χ1) is 13.6. The summed E-state index contributed by atoms with van der Waals surface area (Å²) in [7, 11) is 3.46. The molecule has 1 aromatic carbocycles. The van der Waals surface area contributed by atoms with Crippen LogP contribution in [0.2, 0.25) is 0 Å². The molecule has 29 heavy (non-hydrogen) atoms. The van der Waals surface area contributed by atoms with E-state index in [9.17, 15) is 4.79 Å². The van der Waals surface area contributed by atoms with Crippen molar-refractivity contribution in [1.82, 2.24) is 15.5 Å². The van der Waals surface area contributed by atoms with Crippen molar-refractivity contribution in [2.75, 3.05) is 40.5 Å². The van der Waals surface area contributed by atoms with Crippen LogP contribution < -0.4 is 20.1 Å². The second-order valence-corrected chi connectivity index (χ2v) is 7.61.